The first-order valence-electron chi connectivity index (χ1n) is 4.72. The van der Waals surface area contributed by atoms with Crippen molar-refractivity contribution in [2.75, 3.05) is 0 Å². The first-order valence-corrected chi connectivity index (χ1v) is 4.72. The summed E-state index contributed by atoms with van der Waals surface area (Å²) in [4.78, 5) is 0. The topological polar surface area (TPSA) is 0 Å². The number of rotatable bonds is 0. The van der Waals surface area contributed by atoms with Gasteiger partial charge in [-0.3, -0.25) is 0 Å². The molecule has 0 bridgehead atoms. The van der Waals surface area contributed by atoms with E-state index in [9.17, 15) is 0 Å². The Morgan fingerprint density at radius 2 is 0.909 bits per heavy atom. The van der Waals surface area contributed by atoms with E-state index in [1.807, 2.05) is 34.6 Å². The highest BCUT2D eigenvalue weighted by atomic mass is 13.7. The fourth-order valence-corrected chi connectivity index (χ4v) is 0. The Morgan fingerprint density at radius 3 is 0.909 bits per heavy atom. The summed E-state index contributed by atoms with van der Waals surface area (Å²) < 4.78 is 0. The Kier molecular flexibility index (Phi) is 108. The van der Waals surface area contributed by atoms with Gasteiger partial charge in [0.25, 0.3) is 0 Å². The van der Waals surface area contributed by atoms with Crippen LogP contribution in [0.5, 0.6) is 0 Å². The van der Waals surface area contributed by atoms with E-state index in [1.54, 1.807) is 6.08 Å². The molecular formula is C11H28. The van der Waals surface area contributed by atoms with Gasteiger partial charge in [0.05, 0.1) is 0 Å². The third kappa shape index (κ3) is 8630. The SMILES string of the molecule is C=CC.CC.CC.CC(C)C. The minimum atomic E-state index is 0.833. The van der Waals surface area contributed by atoms with E-state index in [0.717, 1.165) is 5.92 Å². The molecule has 11 heavy (non-hydrogen) atoms. The van der Waals surface area contributed by atoms with E-state index < -0.39 is 0 Å². The van der Waals surface area contributed by atoms with Gasteiger partial charge in [-0.1, -0.05) is 54.5 Å². The van der Waals surface area contributed by atoms with Crippen LogP contribution in [0.4, 0.5) is 0 Å². The summed E-state index contributed by atoms with van der Waals surface area (Å²) in [6.45, 7) is 19.8. The van der Waals surface area contributed by atoms with Crippen LogP contribution in [0.2, 0.25) is 0 Å². The molecule has 0 aromatic carbocycles. The van der Waals surface area contributed by atoms with Crippen LogP contribution in [-0.2, 0) is 0 Å². The smallest absolute Gasteiger partial charge is 0.0473 e. The van der Waals surface area contributed by atoms with Gasteiger partial charge in [0.1, 0.15) is 0 Å². The van der Waals surface area contributed by atoms with Crippen molar-refractivity contribution < 1.29 is 0 Å². The first kappa shape index (κ1) is 22.4. The number of hydrogen-bond donors (Lipinski definition) is 0. The maximum atomic E-state index is 3.36. The zero-order chi connectivity index (χ0) is 10.3. The van der Waals surface area contributed by atoms with Gasteiger partial charge in [0.15, 0.2) is 0 Å². The predicted molar refractivity (Wildman–Crippen MR) is 59.1 cm³/mol. The highest BCUT2D eigenvalue weighted by Crippen LogP contribution is 1.81. The summed E-state index contributed by atoms with van der Waals surface area (Å²) in [6, 6.07) is 0. The minimum Gasteiger partial charge on any atom is -0.103 e. The lowest BCUT2D eigenvalue weighted by Crippen LogP contribution is -1.66. The molecule has 0 amide bonds. The van der Waals surface area contributed by atoms with Crippen molar-refractivity contribution in [3.05, 3.63) is 12.7 Å². The van der Waals surface area contributed by atoms with E-state index in [-0.39, 0.29) is 0 Å². The minimum absolute atomic E-state index is 0.833. The van der Waals surface area contributed by atoms with Crippen LogP contribution in [0.25, 0.3) is 0 Å². The van der Waals surface area contributed by atoms with Gasteiger partial charge in [-0.15, -0.1) is 6.58 Å². The standard InChI is InChI=1S/C4H10.C3H6.2C2H6/c1-4(2)3;1-3-2;2*1-2/h4H,1-3H3;3H,1H2,2H3;2*1-2H3. The molecule has 0 saturated heterocycles. The van der Waals surface area contributed by atoms with Crippen LogP contribution in [0.15, 0.2) is 12.7 Å². The second kappa shape index (κ2) is 53.2. The molecule has 0 saturated carbocycles. The van der Waals surface area contributed by atoms with Crippen molar-refractivity contribution in [1.82, 2.24) is 0 Å². The van der Waals surface area contributed by atoms with Crippen molar-refractivity contribution in [3.8, 4) is 0 Å². The van der Waals surface area contributed by atoms with Crippen LogP contribution in [0, 0.1) is 5.92 Å². The molecule has 0 heterocycles. The monoisotopic (exact) mass is 160 g/mol. The Balaban J connectivity index is -0.0000000315. The second-order valence-corrected chi connectivity index (χ2v) is 2.14. The lowest BCUT2D eigenvalue weighted by Gasteiger charge is -1.79. The third-order valence-electron chi connectivity index (χ3n) is 0. The molecule has 0 aliphatic carbocycles. The molecule has 0 atom stereocenters. The molecule has 0 radical (unpaired) electrons. The molecule has 0 unspecified atom stereocenters. The zero-order valence-electron chi connectivity index (χ0n) is 9.86. The van der Waals surface area contributed by atoms with Crippen molar-refractivity contribution in [2.45, 2.75) is 55.4 Å². The largest absolute Gasteiger partial charge is 0.103 e. The fraction of sp³-hybridized carbons (Fsp3) is 0.818. The average molecular weight is 160 g/mol. The highest BCUT2D eigenvalue weighted by Gasteiger charge is 1.68. The zero-order valence-corrected chi connectivity index (χ0v) is 9.86. The summed E-state index contributed by atoms with van der Waals surface area (Å²) in [5, 5.41) is 0. The molecule has 0 aromatic heterocycles. The Bertz CT molecular complexity index is 24.3. The van der Waals surface area contributed by atoms with E-state index in [1.165, 1.54) is 0 Å². The summed E-state index contributed by atoms with van der Waals surface area (Å²) in [5.74, 6) is 0.833. The molecule has 0 nitrogen and oxygen atoms in total. The summed E-state index contributed by atoms with van der Waals surface area (Å²) in [6.07, 6.45) is 1.75. The number of hydrogen-bond acceptors (Lipinski definition) is 0. The van der Waals surface area contributed by atoms with E-state index in [0.29, 0.717) is 0 Å². The summed E-state index contributed by atoms with van der Waals surface area (Å²) in [7, 11) is 0. The van der Waals surface area contributed by atoms with Gasteiger partial charge in [-0.05, 0) is 12.8 Å². The third-order valence-corrected chi connectivity index (χ3v) is 0. The second-order valence-electron chi connectivity index (χ2n) is 2.14. The number of allylic oxidation sites excluding steroid dienone is 1. The molecule has 0 aliphatic rings. The van der Waals surface area contributed by atoms with Crippen molar-refractivity contribution in [2.24, 2.45) is 5.92 Å². The first-order chi connectivity index (χ1) is 5.15. The molecular weight excluding hydrogens is 132 g/mol. The average Bonchev–Trinajstić information content (AvgIpc) is 1.96. The molecule has 0 fully saturated rings. The molecule has 72 valence electrons. The van der Waals surface area contributed by atoms with Gasteiger partial charge in [0.2, 0.25) is 0 Å². The van der Waals surface area contributed by atoms with E-state index >= 15 is 0 Å². The quantitative estimate of drug-likeness (QED) is 0.442. The van der Waals surface area contributed by atoms with E-state index in [2.05, 4.69) is 27.4 Å². The maximum Gasteiger partial charge on any atom is -0.0473 e. The van der Waals surface area contributed by atoms with Crippen LogP contribution in [0.3, 0.4) is 0 Å². The van der Waals surface area contributed by atoms with Crippen LogP contribution >= 0.6 is 0 Å². The van der Waals surface area contributed by atoms with Crippen molar-refractivity contribution in [3.63, 3.8) is 0 Å². The van der Waals surface area contributed by atoms with Crippen LogP contribution in [-0.4, -0.2) is 0 Å². The van der Waals surface area contributed by atoms with Gasteiger partial charge < -0.3 is 0 Å². The van der Waals surface area contributed by atoms with Gasteiger partial charge in [-0.25, -0.2) is 0 Å². The van der Waals surface area contributed by atoms with Gasteiger partial charge in [-0.2, -0.15) is 0 Å². The molecule has 0 heteroatoms. The van der Waals surface area contributed by atoms with E-state index in [4.69, 9.17) is 0 Å². The Morgan fingerprint density at radius 1 is 0.909 bits per heavy atom. The molecule has 0 spiro atoms. The van der Waals surface area contributed by atoms with Gasteiger partial charge >= 0.3 is 0 Å². The lowest BCUT2D eigenvalue weighted by atomic mass is 10.3. The van der Waals surface area contributed by atoms with Crippen LogP contribution in [0.1, 0.15) is 55.4 Å². The van der Waals surface area contributed by atoms with Gasteiger partial charge in [0, 0.05) is 0 Å². The molecule has 0 aromatic rings. The summed E-state index contributed by atoms with van der Waals surface area (Å²) in [5.41, 5.74) is 0. The lowest BCUT2D eigenvalue weighted by molar-refractivity contribution is 0.737. The maximum absolute atomic E-state index is 3.36. The predicted octanol–water partition coefficient (Wildman–Crippen LogP) is 4.91. The van der Waals surface area contributed by atoms with Crippen LogP contribution < -0.4 is 0 Å². The summed E-state index contributed by atoms with van der Waals surface area (Å²) >= 11 is 0. The van der Waals surface area contributed by atoms with Crippen molar-refractivity contribution >= 4 is 0 Å². The molecule has 0 N–H and O–H groups in total. The Labute approximate surface area is 74.7 Å². The fourth-order valence-electron chi connectivity index (χ4n) is 0. The molecule has 0 aliphatic heterocycles. The normalized spacial score (nSPS) is 5.55. The highest BCUT2D eigenvalue weighted by molar-refractivity contribution is 4.51. The Hall–Kier alpha value is -0.260. The molecule has 0 rings (SSSR count). The van der Waals surface area contributed by atoms with Crippen molar-refractivity contribution in [1.29, 1.82) is 0 Å².